The zero-order valence-corrected chi connectivity index (χ0v) is 36.1. The van der Waals surface area contributed by atoms with Crippen molar-refractivity contribution in [3.8, 4) is 55.6 Å². The molecule has 4 N–H and O–H groups in total. The Morgan fingerprint density at radius 1 is 0.328 bits per heavy atom. The molecule has 2 aliphatic rings. The lowest BCUT2D eigenvalue weighted by Crippen LogP contribution is -2.25. The lowest BCUT2D eigenvalue weighted by atomic mass is 9.70. The summed E-state index contributed by atoms with van der Waals surface area (Å²) < 4.78 is 0. The van der Waals surface area contributed by atoms with E-state index in [0.717, 1.165) is 0 Å². The van der Waals surface area contributed by atoms with E-state index in [9.17, 15) is 0 Å². The molecule has 2 nitrogen and oxygen atoms in total. The largest absolute Gasteiger partial charge is 0.326 e. The number of nitrogens with two attached hydrogens (primary N) is 2. The average molecular weight is 823 g/mol. The van der Waals surface area contributed by atoms with Gasteiger partial charge in [0.15, 0.2) is 0 Å². The Balaban J connectivity index is 0.000000180. The zero-order chi connectivity index (χ0) is 43.5. The van der Waals surface area contributed by atoms with Crippen molar-refractivity contribution in [2.45, 2.75) is 25.4 Å². The van der Waals surface area contributed by atoms with Gasteiger partial charge in [-0.2, -0.15) is 0 Å². The van der Waals surface area contributed by atoms with Crippen LogP contribution in [0.15, 0.2) is 237 Å². The van der Waals surface area contributed by atoms with Crippen LogP contribution >= 0.6 is 0 Å². The summed E-state index contributed by atoms with van der Waals surface area (Å²) in [4.78, 5) is 0. The molecule has 0 bridgehead atoms. The summed E-state index contributed by atoms with van der Waals surface area (Å²) in [6.07, 6.45) is 0. The summed E-state index contributed by atoms with van der Waals surface area (Å²) in [5, 5.41) is 2.55. The van der Waals surface area contributed by atoms with Gasteiger partial charge < -0.3 is 11.5 Å². The molecule has 10 aromatic rings. The molecule has 1 spiro atoms. The van der Waals surface area contributed by atoms with Crippen LogP contribution in [0.25, 0.3) is 66.4 Å². The van der Waals surface area contributed by atoms with Gasteiger partial charge in [0.05, 0.1) is 5.41 Å². The molecular formula is C62H50N2. The Morgan fingerprint density at radius 3 is 1.34 bits per heavy atom. The third-order valence-electron chi connectivity index (χ3n) is 13.0. The third kappa shape index (κ3) is 7.23. The predicted octanol–water partition coefficient (Wildman–Crippen LogP) is 14.8. The predicted molar refractivity (Wildman–Crippen MR) is 270 cm³/mol. The molecule has 0 saturated heterocycles. The van der Waals surface area contributed by atoms with E-state index in [2.05, 4.69) is 195 Å². The van der Waals surface area contributed by atoms with Gasteiger partial charge >= 0.3 is 0 Å². The van der Waals surface area contributed by atoms with Gasteiger partial charge in [0.2, 0.25) is 0 Å². The molecule has 0 amide bonds. The second kappa shape index (κ2) is 17.6. The second-order valence-corrected chi connectivity index (χ2v) is 16.7. The van der Waals surface area contributed by atoms with Crippen LogP contribution in [0.1, 0.15) is 38.9 Å². The van der Waals surface area contributed by atoms with Crippen molar-refractivity contribution in [1.82, 2.24) is 0 Å². The molecule has 10 aromatic carbocycles. The molecule has 2 aliphatic carbocycles. The van der Waals surface area contributed by atoms with Crippen molar-refractivity contribution >= 4 is 10.8 Å². The van der Waals surface area contributed by atoms with Crippen molar-refractivity contribution in [3.05, 3.63) is 276 Å². The summed E-state index contributed by atoms with van der Waals surface area (Å²) in [6.45, 7) is 3.40. The summed E-state index contributed by atoms with van der Waals surface area (Å²) in [6, 6.07) is 85.4. The van der Waals surface area contributed by atoms with Gasteiger partial charge in [-0.05, 0) is 113 Å². The van der Waals surface area contributed by atoms with E-state index in [-0.39, 0.29) is 5.41 Å². The van der Waals surface area contributed by atoms with Gasteiger partial charge in [0.25, 0.3) is 0 Å². The lowest BCUT2D eigenvalue weighted by molar-refractivity contribution is 0.794. The number of hydrogen-bond donors (Lipinski definition) is 2. The maximum atomic E-state index is 5.54. The molecule has 0 unspecified atom stereocenters. The third-order valence-corrected chi connectivity index (χ3v) is 13.0. The van der Waals surface area contributed by atoms with Crippen LogP contribution in [0.5, 0.6) is 0 Å². The molecule has 2 heteroatoms. The van der Waals surface area contributed by atoms with Crippen molar-refractivity contribution < 1.29 is 0 Å². The van der Waals surface area contributed by atoms with E-state index in [1.54, 1.807) is 0 Å². The molecular weight excluding hydrogens is 773 g/mol. The zero-order valence-electron chi connectivity index (χ0n) is 36.1. The number of hydrogen-bond acceptors (Lipinski definition) is 2. The van der Waals surface area contributed by atoms with Crippen molar-refractivity contribution in [3.63, 3.8) is 0 Å². The minimum Gasteiger partial charge on any atom is -0.326 e. The normalized spacial score (nSPS) is 12.2. The van der Waals surface area contributed by atoms with Gasteiger partial charge in [-0.25, -0.2) is 0 Å². The van der Waals surface area contributed by atoms with E-state index < -0.39 is 0 Å². The fourth-order valence-electron chi connectivity index (χ4n) is 9.88. The SMILES string of the molecule is Cc1ccc(-c2c(-c3ccc4c(c3)C3(c5ccccc5-c5ccccc53)c3ccccc3-4)ccc3ccccc23)cc1.NCc1ccc(-c2ccccc2)cc1.NCc1ccccc1. The Bertz CT molecular complexity index is 3160. The summed E-state index contributed by atoms with van der Waals surface area (Å²) in [5.41, 5.74) is 32.6. The minimum absolute atomic E-state index is 0.337. The summed E-state index contributed by atoms with van der Waals surface area (Å²) in [5.74, 6) is 0. The van der Waals surface area contributed by atoms with E-state index in [1.165, 1.54) is 105 Å². The van der Waals surface area contributed by atoms with Crippen molar-refractivity contribution in [1.29, 1.82) is 0 Å². The first-order valence-electron chi connectivity index (χ1n) is 22.2. The van der Waals surface area contributed by atoms with Crippen LogP contribution in [-0.2, 0) is 18.5 Å². The van der Waals surface area contributed by atoms with Crippen LogP contribution in [0, 0.1) is 6.92 Å². The van der Waals surface area contributed by atoms with E-state index >= 15 is 0 Å². The first-order chi connectivity index (χ1) is 31.6. The van der Waals surface area contributed by atoms with Crippen LogP contribution in [0.3, 0.4) is 0 Å². The maximum absolute atomic E-state index is 5.54. The standard InChI is InChI=1S/C42H28.C13H13N.C7H9N/c1-27-18-20-29(21-19-27)41-31-11-3-2-10-28(31)22-24-32(41)30-23-25-36-35-14-6-9-17-39(35)42(40(36)26-30)37-15-7-4-12-33(37)34-13-5-8-16-38(34)42;14-10-11-6-8-13(9-7-11)12-4-2-1-3-5-12;8-6-7-4-2-1-3-5-7/h2-26H,1H3;1-9H,10,14H2;1-5H,6,8H2. The number of aryl methyl sites for hydroxylation is 1. The second-order valence-electron chi connectivity index (χ2n) is 16.7. The quantitative estimate of drug-likeness (QED) is 0.182. The molecule has 308 valence electrons. The molecule has 0 saturated carbocycles. The highest BCUT2D eigenvalue weighted by Crippen LogP contribution is 2.63. The number of fused-ring (bicyclic) bond motifs is 11. The summed E-state index contributed by atoms with van der Waals surface area (Å²) in [7, 11) is 0. The Hall–Kier alpha value is -7.62. The summed E-state index contributed by atoms with van der Waals surface area (Å²) >= 11 is 0. The highest BCUT2D eigenvalue weighted by molar-refractivity contribution is 6.05. The van der Waals surface area contributed by atoms with Gasteiger partial charge in [0, 0.05) is 13.1 Å². The fraction of sp³-hybridized carbons (Fsp3) is 0.0645. The molecule has 0 aromatic heterocycles. The molecule has 0 fully saturated rings. The van der Waals surface area contributed by atoms with Gasteiger partial charge in [-0.1, -0.05) is 236 Å². The number of rotatable bonds is 5. The van der Waals surface area contributed by atoms with E-state index in [0.29, 0.717) is 13.1 Å². The van der Waals surface area contributed by atoms with E-state index in [1.807, 2.05) is 48.5 Å². The van der Waals surface area contributed by atoms with Crippen LogP contribution < -0.4 is 11.5 Å². The average Bonchev–Trinajstić information content (AvgIpc) is 3.84. The first kappa shape index (κ1) is 40.5. The van der Waals surface area contributed by atoms with Crippen LogP contribution in [0.2, 0.25) is 0 Å². The number of benzene rings is 10. The molecule has 0 radical (unpaired) electrons. The molecule has 0 heterocycles. The van der Waals surface area contributed by atoms with Gasteiger partial charge in [-0.3, -0.25) is 0 Å². The highest BCUT2D eigenvalue weighted by Gasteiger charge is 2.51. The van der Waals surface area contributed by atoms with Crippen molar-refractivity contribution in [2.75, 3.05) is 0 Å². The van der Waals surface area contributed by atoms with E-state index in [4.69, 9.17) is 11.5 Å². The van der Waals surface area contributed by atoms with Gasteiger partial charge in [0.1, 0.15) is 0 Å². The fourth-order valence-corrected chi connectivity index (χ4v) is 9.88. The molecule has 64 heavy (non-hydrogen) atoms. The topological polar surface area (TPSA) is 52.0 Å². The Labute approximate surface area is 377 Å². The molecule has 0 atom stereocenters. The molecule has 12 rings (SSSR count). The smallest absolute Gasteiger partial charge is 0.0725 e. The van der Waals surface area contributed by atoms with Crippen molar-refractivity contribution in [2.24, 2.45) is 11.5 Å². The maximum Gasteiger partial charge on any atom is 0.0725 e. The first-order valence-corrected chi connectivity index (χ1v) is 22.2. The van der Waals surface area contributed by atoms with Gasteiger partial charge in [-0.15, -0.1) is 0 Å². The Morgan fingerprint density at radius 2 is 0.766 bits per heavy atom. The Kier molecular flexibility index (Phi) is 11.1. The highest BCUT2D eigenvalue weighted by atomic mass is 14.5. The van der Waals surface area contributed by atoms with Crippen LogP contribution in [0.4, 0.5) is 0 Å². The van der Waals surface area contributed by atoms with Crippen LogP contribution in [-0.4, -0.2) is 0 Å². The molecule has 0 aliphatic heterocycles. The minimum atomic E-state index is -0.337. The lowest BCUT2D eigenvalue weighted by Gasteiger charge is -2.30. The monoisotopic (exact) mass is 822 g/mol.